The van der Waals surface area contributed by atoms with E-state index >= 15 is 0 Å². The van der Waals surface area contributed by atoms with E-state index in [1.54, 1.807) is 0 Å². The predicted octanol–water partition coefficient (Wildman–Crippen LogP) is 6.52. The van der Waals surface area contributed by atoms with Gasteiger partial charge in [-0.25, -0.2) is 0 Å². The lowest BCUT2D eigenvalue weighted by Crippen LogP contribution is -2.27. The fourth-order valence-corrected chi connectivity index (χ4v) is 3.54. The van der Waals surface area contributed by atoms with Crippen molar-refractivity contribution in [2.75, 3.05) is 6.54 Å². The minimum atomic E-state index is 0.601. The van der Waals surface area contributed by atoms with Gasteiger partial charge in [0.2, 0.25) is 0 Å². The Hall–Kier alpha value is -1.80. The molecule has 0 bridgehead atoms. The first kappa shape index (κ1) is 21.5. The Morgan fingerprint density at radius 2 is 1.48 bits per heavy atom. The maximum atomic E-state index is 6.49. The highest BCUT2D eigenvalue weighted by molar-refractivity contribution is 5.49. The number of hydroxylamine groups is 2. The maximum absolute atomic E-state index is 6.49. The molecule has 148 valence electrons. The first-order valence-corrected chi connectivity index (χ1v) is 10.4. The minimum Gasteiger partial charge on any atom is -0.405 e. The number of hydrogen-bond donors (Lipinski definition) is 0. The van der Waals surface area contributed by atoms with Crippen molar-refractivity contribution in [1.29, 1.82) is 0 Å². The van der Waals surface area contributed by atoms with E-state index in [-0.39, 0.29) is 0 Å². The average molecular weight is 368 g/mol. The molecule has 0 aliphatic rings. The zero-order valence-corrected chi connectivity index (χ0v) is 18.3. The van der Waals surface area contributed by atoms with Gasteiger partial charge in [-0.1, -0.05) is 58.0 Å². The molecule has 0 aromatic heterocycles. The van der Waals surface area contributed by atoms with Crippen LogP contribution in [0.4, 0.5) is 0 Å². The van der Waals surface area contributed by atoms with Gasteiger partial charge in [-0.2, -0.15) is 0 Å². The monoisotopic (exact) mass is 367 g/mol. The van der Waals surface area contributed by atoms with Crippen molar-refractivity contribution in [3.05, 3.63) is 64.2 Å². The summed E-state index contributed by atoms with van der Waals surface area (Å²) in [6.45, 7) is 17.5. The zero-order chi connectivity index (χ0) is 20.0. The molecule has 0 spiro atoms. The molecule has 2 aromatic carbocycles. The Labute approximate surface area is 166 Å². The van der Waals surface area contributed by atoms with Crippen LogP contribution in [-0.2, 0) is 19.4 Å². The standard InChI is InChI=1S/C25H37NO/c1-8-26(17-22-12-10-9-11-13-22)27-25-16-20(6)21(7)23(14-18(2)3)24(25)15-19(4)5/h9-13,16,18-19H,8,14-15,17H2,1-7H3. The second-order valence-corrected chi connectivity index (χ2v) is 8.50. The molecule has 2 aromatic rings. The molecule has 0 radical (unpaired) electrons. The van der Waals surface area contributed by atoms with Crippen molar-refractivity contribution >= 4 is 0 Å². The van der Waals surface area contributed by atoms with Crippen LogP contribution in [0.1, 0.15) is 62.4 Å². The second kappa shape index (κ2) is 9.94. The Balaban J connectivity index is 2.39. The highest BCUT2D eigenvalue weighted by Gasteiger charge is 2.19. The molecule has 27 heavy (non-hydrogen) atoms. The van der Waals surface area contributed by atoms with Crippen LogP contribution in [0.25, 0.3) is 0 Å². The third-order valence-corrected chi connectivity index (χ3v) is 5.06. The van der Waals surface area contributed by atoms with Gasteiger partial charge in [-0.3, -0.25) is 0 Å². The van der Waals surface area contributed by atoms with Crippen LogP contribution < -0.4 is 4.84 Å². The lowest BCUT2D eigenvalue weighted by molar-refractivity contribution is -0.0632. The summed E-state index contributed by atoms with van der Waals surface area (Å²) in [4.78, 5) is 6.49. The maximum Gasteiger partial charge on any atom is 0.151 e. The Bertz CT molecular complexity index is 719. The van der Waals surface area contributed by atoms with E-state index in [9.17, 15) is 0 Å². The van der Waals surface area contributed by atoms with Crippen LogP contribution in [0.2, 0.25) is 0 Å². The van der Waals surface area contributed by atoms with Gasteiger partial charge >= 0.3 is 0 Å². The number of rotatable bonds is 9. The van der Waals surface area contributed by atoms with E-state index < -0.39 is 0 Å². The molecule has 0 atom stereocenters. The highest BCUT2D eigenvalue weighted by Crippen LogP contribution is 2.33. The average Bonchev–Trinajstić information content (AvgIpc) is 2.62. The van der Waals surface area contributed by atoms with Crippen LogP contribution in [-0.4, -0.2) is 11.6 Å². The van der Waals surface area contributed by atoms with Gasteiger partial charge in [0.1, 0.15) is 0 Å². The van der Waals surface area contributed by atoms with Crippen molar-refractivity contribution < 1.29 is 4.84 Å². The molecule has 0 amide bonds. The van der Waals surface area contributed by atoms with Crippen molar-refractivity contribution in [2.24, 2.45) is 11.8 Å². The van der Waals surface area contributed by atoms with Crippen molar-refractivity contribution in [3.63, 3.8) is 0 Å². The molecule has 0 aliphatic carbocycles. The van der Waals surface area contributed by atoms with Gasteiger partial charge in [0, 0.05) is 12.1 Å². The fourth-order valence-electron chi connectivity index (χ4n) is 3.54. The van der Waals surface area contributed by atoms with Gasteiger partial charge < -0.3 is 4.84 Å². The fraction of sp³-hybridized carbons (Fsp3) is 0.520. The Morgan fingerprint density at radius 1 is 0.889 bits per heavy atom. The largest absolute Gasteiger partial charge is 0.405 e. The van der Waals surface area contributed by atoms with Crippen LogP contribution in [0.5, 0.6) is 5.75 Å². The SMILES string of the molecule is CCN(Cc1ccccc1)Oc1cc(C)c(C)c(CC(C)C)c1CC(C)C. The van der Waals surface area contributed by atoms with Gasteiger partial charge in [-0.15, -0.1) is 5.06 Å². The van der Waals surface area contributed by atoms with E-state index in [1.165, 1.54) is 27.8 Å². The normalized spacial score (nSPS) is 11.6. The summed E-state index contributed by atoms with van der Waals surface area (Å²) in [5.74, 6) is 2.28. The molecule has 0 unspecified atom stereocenters. The van der Waals surface area contributed by atoms with E-state index in [2.05, 4.69) is 89.9 Å². The van der Waals surface area contributed by atoms with E-state index in [1.807, 2.05) is 0 Å². The lowest BCUT2D eigenvalue weighted by Gasteiger charge is -2.26. The summed E-state index contributed by atoms with van der Waals surface area (Å²) >= 11 is 0. The summed E-state index contributed by atoms with van der Waals surface area (Å²) in [6.07, 6.45) is 2.16. The summed E-state index contributed by atoms with van der Waals surface area (Å²) in [7, 11) is 0. The molecule has 0 saturated heterocycles. The van der Waals surface area contributed by atoms with E-state index in [0.29, 0.717) is 11.8 Å². The number of benzene rings is 2. The first-order valence-electron chi connectivity index (χ1n) is 10.4. The molecule has 0 saturated carbocycles. The quantitative estimate of drug-likeness (QED) is 0.468. The summed E-state index contributed by atoms with van der Waals surface area (Å²) < 4.78 is 0. The molecule has 0 heterocycles. The highest BCUT2D eigenvalue weighted by atomic mass is 16.7. The van der Waals surface area contributed by atoms with Gasteiger partial charge in [-0.05, 0) is 73.8 Å². The third kappa shape index (κ3) is 6.10. The molecule has 0 fully saturated rings. The van der Waals surface area contributed by atoms with E-state index in [4.69, 9.17) is 4.84 Å². The summed E-state index contributed by atoms with van der Waals surface area (Å²) in [6, 6.07) is 12.8. The molecule has 2 nitrogen and oxygen atoms in total. The van der Waals surface area contributed by atoms with E-state index in [0.717, 1.165) is 31.7 Å². The predicted molar refractivity (Wildman–Crippen MR) is 116 cm³/mol. The zero-order valence-electron chi connectivity index (χ0n) is 18.3. The molecule has 2 rings (SSSR count). The smallest absolute Gasteiger partial charge is 0.151 e. The van der Waals surface area contributed by atoms with Crippen LogP contribution in [0.3, 0.4) is 0 Å². The van der Waals surface area contributed by atoms with Crippen LogP contribution in [0.15, 0.2) is 36.4 Å². The molecule has 2 heteroatoms. The number of nitrogens with zero attached hydrogens (tertiary/aromatic N) is 1. The summed E-state index contributed by atoms with van der Waals surface area (Å²) in [5, 5.41) is 2.07. The molecule has 0 aliphatic heterocycles. The Morgan fingerprint density at radius 3 is 2.04 bits per heavy atom. The second-order valence-electron chi connectivity index (χ2n) is 8.50. The number of aryl methyl sites for hydroxylation is 1. The molecule has 0 N–H and O–H groups in total. The lowest BCUT2D eigenvalue weighted by atomic mass is 9.87. The van der Waals surface area contributed by atoms with Crippen LogP contribution >= 0.6 is 0 Å². The van der Waals surface area contributed by atoms with Crippen molar-refractivity contribution in [3.8, 4) is 5.75 Å². The van der Waals surface area contributed by atoms with Crippen molar-refractivity contribution in [1.82, 2.24) is 5.06 Å². The summed E-state index contributed by atoms with van der Waals surface area (Å²) in [5.41, 5.74) is 6.91. The van der Waals surface area contributed by atoms with Gasteiger partial charge in [0.15, 0.2) is 5.75 Å². The Kier molecular flexibility index (Phi) is 7.91. The van der Waals surface area contributed by atoms with Crippen LogP contribution in [0, 0.1) is 25.7 Å². The van der Waals surface area contributed by atoms with Gasteiger partial charge in [0.25, 0.3) is 0 Å². The van der Waals surface area contributed by atoms with Crippen molar-refractivity contribution in [2.45, 2.75) is 67.9 Å². The molecular formula is C25H37NO. The third-order valence-electron chi connectivity index (χ3n) is 5.06. The topological polar surface area (TPSA) is 12.5 Å². The van der Waals surface area contributed by atoms with Gasteiger partial charge in [0.05, 0.1) is 6.54 Å². The number of hydrogen-bond acceptors (Lipinski definition) is 2. The molecular weight excluding hydrogens is 330 g/mol. The first-order chi connectivity index (χ1) is 12.8. The minimum absolute atomic E-state index is 0.601.